The molecule has 0 aromatic heterocycles. The van der Waals surface area contributed by atoms with E-state index < -0.39 is 0 Å². The Labute approximate surface area is 117 Å². The number of ketones is 1. The fourth-order valence-electron chi connectivity index (χ4n) is 1.63. The number of carbonyl (C=O) groups excluding carboxylic acids is 1. The number of halogens is 1. The predicted octanol–water partition coefficient (Wildman–Crippen LogP) is 4.16. The van der Waals surface area contributed by atoms with E-state index in [1.54, 1.807) is 31.4 Å². The van der Waals surface area contributed by atoms with Gasteiger partial charge in [-0.15, -0.1) is 0 Å². The van der Waals surface area contributed by atoms with Gasteiger partial charge in [0.2, 0.25) is 0 Å². The molecule has 0 aliphatic carbocycles. The van der Waals surface area contributed by atoms with Crippen LogP contribution in [0.1, 0.15) is 15.9 Å². The number of benzene rings is 2. The highest BCUT2D eigenvalue weighted by Gasteiger charge is 2.05. The SMILES string of the molecule is COc1ccc(C(=O)/C=C(\Cl)c2ccccc2)cc1. The van der Waals surface area contributed by atoms with Crippen LogP contribution in [0.25, 0.3) is 5.03 Å². The van der Waals surface area contributed by atoms with Crippen LogP contribution in [-0.2, 0) is 0 Å². The van der Waals surface area contributed by atoms with Gasteiger partial charge in [-0.2, -0.15) is 0 Å². The average Bonchev–Trinajstić information content (AvgIpc) is 2.48. The Morgan fingerprint density at radius 1 is 1.00 bits per heavy atom. The number of ether oxygens (including phenoxy) is 1. The Morgan fingerprint density at radius 2 is 1.63 bits per heavy atom. The molecule has 0 saturated carbocycles. The van der Waals surface area contributed by atoms with Gasteiger partial charge in [-0.1, -0.05) is 41.9 Å². The van der Waals surface area contributed by atoms with E-state index in [9.17, 15) is 4.79 Å². The second kappa shape index (κ2) is 6.21. The van der Waals surface area contributed by atoms with Crippen LogP contribution in [0.2, 0.25) is 0 Å². The number of hydrogen-bond donors (Lipinski definition) is 0. The lowest BCUT2D eigenvalue weighted by Gasteiger charge is -2.01. The van der Waals surface area contributed by atoms with Crippen molar-refractivity contribution in [3.8, 4) is 5.75 Å². The number of carbonyl (C=O) groups is 1. The minimum atomic E-state index is -0.128. The summed E-state index contributed by atoms with van der Waals surface area (Å²) in [5.41, 5.74) is 1.40. The van der Waals surface area contributed by atoms with Gasteiger partial charge in [0.25, 0.3) is 0 Å². The first kappa shape index (κ1) is 13.4. The molecule has 2 nitrogen and oxygen atoms in total. The van der Waals surface area contributed by atoms with E-state index in [0.717, 1.165) is 11.3 Å². The lowest BCUT2D eigenvalue weighted by Crippen LogP contribution is -1.95. The van der Waals surface area contributed by atoms with Gasteiger partial charge in [-0.3, -0.25) is 4.79 Å². The van der Waals surface area contributed by atoms with Crippen LogP contribution in [0, 0.1) is 0 Å². The fourth-order valence-corrected chi connectivity index (χ4v) is 1.86. The summed E-state index contributed by atoms with van der Waals surface area (Å²) in [7, 11) is 1.59. The summed E-state index contributed by atoms with van der Waals surface area (Å²) in [5, 5.41) is 0.432. The molecule has 96 valence electrons. The first-order valence-corrected chi connectivity index (χ1v) is 6.19. The summed E-state index contributed by atoms with van der Waals surface area (Å²) >= 11 is 6.13. The number of allylic oxidation sites excluding steroid dienone is 1. The average molecular weight is 273 g/mol. The first-order chi connectivity index (χ1) is 9.20. The molecular formula is C16H13ClO2. The molecule has 3 heteroatoms. The second-order valence-corrected chi connectivity index (χ2v) is 4.36. The molecule has 0 fully saturated rings. The van der Waals surface area contributed by atoms with Crippen molar-refractivity contribution in [2.24, 2.45) is 0 Å². The largest absolute Gasteiger partial charge is 0.497 e. The summed E-state index contributed by atoms with van der Waals surface area (Å²) in [6.45, 7) is 0. The van der Waals surface area contributed by atoms with Crippen molar-refractivity contribution in [1.82, 2.24) is 0 Å². The van der Waals surface area contributed by atoms with E-state index in [-0.39, 0.29) is 5.78 Å². The molecule has 2 aromatic rings. The van der Waals surface area contributed by atoms with Crippen molar-refractivity contribution in [3.63, 3.8) is 0 Å². The Kier molecular flexibility index (Phi) is 4.37. The maximum atomic E-state index is 12.0. The molecule has 19 heavy (non-hydrogen) atoms. The molecule has 0 amide bonds. The Bertz CT molecular complexity index is 586. The number of hydrogen-bond acceptors (Lipinski definition) is 2. The highest BCUT2D eigenvalue weighted by atomic mass is 35.5. The van der Waals surface area contributed by atoms with Crippen LogP contribution in [0.4, 0.5) is 0 Å². The molecule has 0 atom stereocenters. The third-order valence-electron chi connectivity index (χ3n) is 2.68. The van der Waals surface area contributed by atoms with Gasteiger partial charge in [-0.05, 0) is 29.8 Å². The van der Waals surface area contributed by atoms with Gasteiger partial charge in [0.05, 0.1) is 12.1 Å². The van der Waals surface area contributed by atoms with Gasteiger partial charge in [-0.25, -0.2) is 0 Å². The minimum Gasteiger partial charge on any atom is -0.497 e. The quantitative estimate of drug-likeness (QED) is 0.617. The molecule has 0 spiro atoms. The van der Waals surface area contributed by atoms with Crippen molar-refractivity contribution >= 4 is 22.4 Å². The number of rotatable bonds is 4. The molecule has 0 radical (unpaired) electrons. The van der Waals surface area contributed by atoms with Crippen LogP contribution in [0.15, 0.2) is 60.7 Å². The lowest BCUT2D eigenvalue weighted by molar-refractivity contribution is 0.104. The topological polar surface area (TPSA) is 26.3 Å². The van der Waals surface area contributed by atoms with Crippen LogP contribution in [-0.4, -0.2) is 12.9 Å². The van der Waals surface area contributed by atoms with E-state index in [1.165, 1.54) is 6.08 Å². The highest BCUT2D eigenvalue weighted by Crippen LogP contribution is 2.20. The van der Waals surface area contributed by atoms with Crippen LogP contribution in [0.3, 0.4) is 0 Å². The maximum Gasteiger partial charge on any atom is 0.187 e. The van der Waals surface area contributed by atoms with Crippen molar-refractivity contribution in [1.29, 1.82) is 0 Å². The molecule has 0 N–H and O–H groups in total. The van der Waals surface area contributed by atoms with E-state index in [0.29, 0.717) is 10.6 Å². The van der Waals surface area contributed by atoms with Crippen LogP contribution < -0.4 is 4.74 Å². The van der Waals surface area contributed by atoms with Crippen molar-refractivity contribution in [3.05, 3.63) is 71.8 Å². The van der Waals surface area contributed by atoms with Gasteiger partial charge in [0, 0.05) is 11.6 Å². The monoisotopic (exact) mass is 272 g/mol. The molecule has 2 rings (SSSR count). The Hall–Kier alpha value is -2.06. The van der Waals surface area contributed by atoms with E-state index in [1.807, 2.05) is 30.3 Å². The minimum absolute atomic E-state index is 0.128. The molecule has 0 heterocycles. The highest BCUT2D eigenvalue weighted by molar-refractivity contribution is 6.50. The molecule has 0 bridgehead atoms. The molecule has 0 aliphatic rings. The zero-order chi connectivity index (χ0) is 13.7. The number of methoxy groups -OCH3 is 1. The molecular weight excluding hydrogens is 260 g/mol. The normalized spacial score (nSPS) is 11.2. The molecule has 0 aliphatic heterocycles. The standard InChI is InChI=1S/C16H13ClO2/c1-19-14-9-7-13(8-10-14)16(18)11-15(17)12-5-3-2-4-6-12/h2-11H,1H3/b15-11-. The Balaban J connectivity index is 2.20. The van der Waals surface area contributed by atoms with Crippen LogP contribution >= 0.6 is 11.6 Å². The van der Waals surface area contributed by atoms with Crippen molar-refractivity contribution < 1.29 is 9.53 Å². The summed E-state index contributed by atoms with van der Waals surface area (Å²) < 4.78 is 5.05. The van der Waals surface area contributed by atoms with Gasteiger partial charge >= 0.3 is 0 Å². The summed E-state index contributed by atoms with van der Waals surface area (Å²) in [5.74, 6) is 0.589. The van der Waals surface area contributed by atoms with Gasteiger partial charge < -0.3 is 4.74 Å². The van der Waals surface area contributed by atoms with Crippen LogP contribution in [0.5, 0.6) is 5.75 Å². The zero-order valence-electron chi connectivity index (χ0n) is 10.5. The van der Waals surface area contributed by atoms with Crippen molar-refractivity contribution in [2.75, 3.05) is 7.11 Å². The summed E-state index contributed by atoms with van der Waals surface area (Å²) in [6.07, 6.45) is 1.43. The smallest absolute Gasteiger partial charge is 0.187 e. The molecule has 2 aromatic carbocycles. The van der Waals surface area contributed by atoms with Gasteiger partial charge in [0.15, 0.2) is 5.78 Å². The van der Waals surface area contributed by atoms with E-state index in [2.05, 4.69) is 0 Å². The predicted molar refractivity (Wildman–Crippen MR) is 77.6 cm³/mol. The second-order valence-electron chi connectivity index (χ2n) is 3.95. The van der Waals surface area contributed by atoms with E-state index in [4.69, 9.17) is 16.3 Å². The summed E-state index contributed by atoms with van der Waals surface area (Å²) in [6, 6.07) is 16.3. The fraction of sp³-hybridized carbons (Fsp3) is 0.0625. The third kappa shape index (κ3) is 3.46. The molecule has 0 saturated heterocycles. The zero-order valence-corrected chi connectivity index (χ0v) is 11.2. The third-order valence-corrected chi connectivity index (χ3v) is 3.01. The van der Waals surface area contributed by atoms with Crippen molar-refractivity contribution in [2.45, 2.75) is 0 Å². The summed E-state index contributed by atoms with van der Waals surface area (Å²) in [4.78, 5) is 12.0. The van der Waals surface area contributed by atoms with Gasteiger partial charge in [0.1, 0.15) is 5.75 Å². The maximum absolute atomic E-state index is 12.0. The Morgan fingerprint density at radius 3 is 2.21 bits per heavy atom. The lowest BCUT2D eigenvalue weighted by atomic mass is 10.1. The van der Waals surface area contributed by atoms with E-state index >= 15 is 0 Å². The first-order valence-electron chi connectivity index (χ1n) is 5.81. The molecule has 0 unspecified atom stereocenters.